The number of para-hydroxylation sites is 1. The van der Waals surface area contributed by atoms with Crippen LogP contribution in [-0.2, 0) is 4.74 Å². The van der Waals surface area contributed by atoms with E-state index in [2.05, 4.69) is 5.32 Å². The minimum atomic E-state index is -0.737. The molecule has 1 saturated carbocycles. The van der Waals surface area contributed by atoms with E-state index in [4.69, 9.17) is 17.0 Å². The third kappa shape index (κ3) is 5.57. The molecule has 0 radical (unpaired) electrons. The van der Waals surface area contributed by atoms with E-state index in [1.54, 1.807) is 25.7 Å². The van der Waals surface area contributed by atoms with E-state index >= 15 is 0 Å². The molecule has 1 amide bonds. The first kappa shape index (κ1) is 19.5. The van der Waals surface area contributed by atoms with Gasteiger partial charge in [0, 0.05) is 11.7 Å². The van der Waals surface area contributed by atoms with Crippen molar-refractivity contribution in [2.45, 2.75) is 63.8 Å². The molecule has 3 atom stereocenters. The molecule has 1 fully saturated rings. The highest BCUT2D eigenvalue weighted by atomic mass is 32.1. The fourth-order valence-electron chi connectivity index (χ4n) is 3.07. The molecule has 7 heteroatoms. The molecule has 6 nitrogen and oxygen atoms in total. The fraction of sp³-hybridized carbons (Fsp3) is 0.556. The van der Waals surface area contributed by atoms with Crippen molar-refractivity contribution >= 4 is 29.2 Å². The third-order valence-corrected chi connectivity index (χ3v) is 4.27. The van der Waals surface area contributed by atoms with E-state index in [1.807, 2.05) is 30.3 Å². The van der Waals surface area contributed by atoms with Gasteiger partial charge in [-0.1, -0.05) is 18.2 Å². The molecule has 0 aromatic heterocycles. The Labute approximate surface area is 153 Å². The van der Waals surface area contributed by atoms with Gasteiger partial charge in [-0.15, -0.1) is 0 Å². The summed E-state index contributed by atoms with van der Waals surface area (Å²) in [5.74, 6) is 0. The van der Waals surface area contributed by atoms with Gasteiger partial charge in [-0.05, 0) is 64.4 Å². The van der Waals surface area contributed by atoms with Gasteiger partial charge < -0.3 is 20.3 Å². The monoisotopic (exact) mass is 366 g/mol. The first-order chi connectivity index (χ1) is 11.7. The molecule has 0 unspecified atom stereocenters. The van der Waals surface area contributed by atoms with Crippen LogP contribution in [0.25, 0.3) is 0 Å². The van der Waals surface area contributed by atoms with Gasteiger partial charge in [-0.25, -0.2) is 4.79 Å². The lowest BCUT2D eigenvalue weighted by Gasteiger charge is -2.40. The van der Waals surface area contributed by atoms with E-state index in [9.17, 15) is 15.0 Å². The highest BCUT2D eigenvalue weighted by Crippen LogP contribution is 2.28. The molecule has 1 aromatic carbocycles. The number of hydrogen-bond acceptors (Lipinski definition) is 4. The molecule has 3 N–H and O–H groups in total. The largest absolute Gasteiger partial charge is 0.486 e. The summed E-state index contributed by atoms with van der Waals surface area (Å²) in [7, 11) is 0. The number of benzene rings is 1. The zero-order chi connectivity index (χ0) is 18.6. The van der Waals surface area contributed by atoms with Crippen LogP contribution in [0.15, 0.2) is 30.3 Å². The first-order valence-electron chi connectivity index (χ1n) is 8.42. The Morgan fingerprint density at radius 1 is 1.28 bits per heavy atom. The molecular formula is C18H26N2O4S. The maximum absolute atomic E-state index is 11.9. The number of hydrogen-bond donors (Lipinski definition) is 3. The Hall–Kier alpha value is -1.86. The average molecular weight is 366 g/mol. The summed E-state index contributed by atoms with van der Waals surface area (Å²) in [6.45, 7) is 5.41. The standard InChI is InChI=1S/C18H26N2O4S/c1-18(2,3)24-16(22)19-12-9-10-14(15(21)11-12)20(17(23)25)13-7-5-4-6-8-13/h4-8,12,14-15,21H,9-11H2,1-3H3,(H,19,22)(H,23,25)/t12-,14-,15-/m1/s1. The molecule has 0 aliphatic heterocycles. The Kier molecular flexibility index (Phi) is 6.24. The van der Waals surface area contributed by atoms with Crippen LogP contribution >= 0.6 is 12.2 Å². The van der Waals surface area contributed by atoms with Gasteiger partial charge in [0.15, 0.2) is 0 Å². The number of anilines is 1. The number of rotatable bonds is 3. The number of ether oxygens (including phenoxy) is 1. The normalized spacial score (nSPS) is 23.6. The second-order valence-electron chi connectivity index (χ2n) is 7.28. The number of nitrogens with zero attached hydrogens (tertiary/aromatic N) is 1. The molecule has 0 bridgehead atoms. The Bertz CT molecular complexity index is 603. The van der Waals surface area contributed by atoms with Crippen LogP contribution < -0.4 is 10.2 Å². The van der Waals surface area contributed by atoms with E-state index in [0.717, 1.165) is 5.69 Å². The van der Waals surface area contributed by atoms with E-state index in [1.165, 1.54) is 0 Å². The lowest BCUT2D eigenvalue weighted by atomic mass is 9.87. The van der Waals surface area contributed by atoms with Gasteiger partial charge in [0.25, 0.3) is 5.17 Å². The van der Waals surface area contributed by atoms with Crippen molar-refractivity contribution in [3.05, 3.63) is 30.3 Å². The lowest BCUT2D eigenvalue weighted by molar-refractivity contribution is 0.0429. The van der Waals surface area contributed by atoms with Gasteiger partial charge in [0.05, 0.1) is 12.1 Å². The summed E-state index contributed by atoms with van der Waals surface area (Å²) in [6, 6.07) is 8.73. The first-order valence-corrected chi connectivity index (χ1v) is 8.83. The van der Waals surface area contributed by atoms with E-state index in [0.29, 0.717) is 19.3 Å². The highest BCUT2D eigenvalue weighted by Gasteiger charge is 2.36. The van der Waals surface area contributed by atoms with Gasteiger partial charge in [-0.2, -0.15) is 0 Å². The van der Waals surface area contributed by atoms with E-state index in [-0.39, 0.29) is 17.3 Å². The summed E-state index contributed by atoms with van der Waals surface area (Å²) in [5, 5.41) is 23.0. The topological polar surface area (TPSA) is 82.0 Å². The highest BCUT2D eigenvalue weighted by molar-refractivity contribution is 7.80. The van der Waals surface area contributed by atoms with Crippen LogP contribution in [-0.4, -0.2) is 45.3 Å². The fourth-order valence-corrected chi connectivity index (χ4v) is 3.31. The Morgan fingerprint density at radius 2 is 1.92 bits per heavy atom. The maximum Gasteiger partial charge on any atom is 0.407 e. The molecule has 0 heterocycles. The number of carbonyl (C=O) groups excluding carboxylic acids is 1. The van der Waals surface area contributed by atoms with Crippen molar-refractivity contribution in [1.29, 1.82) is 0 Å². The predicted molar refractivity (Wildman–Crippen MR) is 101 cm³/mol. The number of nitrogens with one attached hydrogen (secondary N) is 1. The van der Waals surface area contributed by atoms with Gasteiger partial charge in [-0.3, -0.25) is 4.90 Å². The van der Waals surface area contributed by atoms with Crippen LogP contribution in [0.3, 0.4) is 0 Å². The van der Waals surface area contributed by atoms with Crippen LogP contribution in [0, 0.1) is 0 Å². The summed E-state index contributed by atoms with van der Waals surface area (Å²) in [5.41, 5.74) is 0.171. The van der Waals surface area contributed by atoms with Crippen LogP contribution in [0.4, 0.5) is 10.5 Å². The van der Waals surface area contributed by atoms with E-state index < -0.39 is 17.8 Å². The van der Waals surface area contributed by atoms with Gasteiger partial charge in [0.1, 0.15) is 5.60 Å². The second kappa shape index (κ2) is 8.01. The molecule has 0 saturated heterocycles. The van der Waals surface area contributed by atoms with Crippen molar-refractivity contribution in [3.8, 4) is 0 Å². The SMILES string of the molecule is CC(C)(C)OC(=O)N[C@@H]1CC[C@@H](N(C(O)=S)c2ccccc2)[C@H](O)C1. The molecular weight excluding hydrogens is 340 g/mol. The molecule has 1 aliphatic carbocycles. The van der Waals surface area contributed by atoms with Gasteiger partial charge in [0.2, 0.25) is 0 Å². The maximum atomic E-state index is 11.9. The van der Waals surface area contributed by atoms with Crippen molar-refractivity contribution in [2.75, 3.05) is 4.90 Å². The number of thiocarbonyl (C=S) groups is 1. The zero-order valence-electron chi connectivity index (χ0n) is 14.8. The summed E-state index contributed by atoms with van der Waals surface area (Å²) >= 11 is 4.97. The number of carbonyl (C=O) groups is 1. The molecule has 1 aliphatic rings. The molecule has 0 spiro atoms. The summed E-state index contributed by atoms with van der Waals surface area (Å²) in [4.78, 5) is 13.5. The smallest absolute Gasteiger partial charge is 0.407 e. The number of amides is 1. The molecule has 1 aromatic rings. The van der Waals surface area contributed by atoms with Crippen LogP contribution in [0.2, 0.25) is 0 Å². The van der Waals surface area contributed by atoms with Crippen molar-refractivity contribution in [3.63, 3.8) is 0 Å². The van der Waals surface area contributed by atoms with Gasteiger partial charge >= 0.3 is 6.09 Å². The zero-order valence-corrected chi connectivity index (χ0v) is 15.6. The summed E-state index contributed by atoms with van der Waals surface area (Å²) < 4.78 is 5.25. The predicted octanol–water partition coefficient (Wildman–Crippen LogP) is 3.14. The number of alkyl carbamates (subject to hydrolysis) is 1. The third-order valence-electron chi connectivity index (χ3n) is 4.07. The number of aliphatic hydroxyl groups excluding tert-OH is 2. The quantitative estimate of drug-likeness (QED) is 0.713. The number of aliphatic hydroxyl groups is 2. The second-order valence-corrected chi connectivity index (χ2v) is 7.64. The minimum Gasteiger partial charge on any atom is -0.486 e. The summed E-state index contributed by atoms with van der Waals surface area (Å²) in [6.07, 6.45) is 0.389. The average Bonchev–Trinajstić information content (AvgIpc) is 2.48. The molecule has 138 valence electrons. The Morgan fingerprint density at radius 3 is 2.44 bits per heavy atom. The van der Waals surface area contributed by atoms with Crippen molar-refractivity contribution < 1.29 is 19.7 Å². The van der Waals surface area contributed by atoms with Crippen LogP contribution in [0.1, 0.15) is 40.0 Å². The molecule has 25 heavy (non-hydrogen) atoms. The van der Waals surface area contributed by atoms with Crippen molar-refractivity contribution in [1.82, 2.24) is 5.32 Å². The lowest BCUT2D eigenvalue weighted by Crippen LogP contribution is -2.53. The molecule has 2 rings (SSSR count). The van der Waals surface area contributed by atoms with Crippen LogP contribution in [0.5, 0.6) is 0 Å². The Balaban J connectivity index is 2.00. The van der Waals surface area contributed by atoms with Crippen molar-refractivity contribution in [2.24, 2.45) is 0 Å². The minimum absolute atomic E-state index is 0.175.